The van der Waals surface area contributed by atoms with Crippen LogP contribution in [-0.4, -0.2) is 29.0 Å². The minimum absolute atomic E-state index is 0.232. The van der Waals surface area contributed by atoms with Gasteiger partial charge in [-0.15, -0.1) is 0 Å². The van der Waals surface area contributed by atoms with Gasteiger partial charge in [-0.25, -0.2) is 4.98 Å². The van der Waals surface area contributed by atoms with Crippen LogP contribution >= 0.6 is 0 Å². The van der Waals surface area contributed by atoms with Gasteiger partial charge >= 0.3 is 0 Å². The molecular formula is C29H26N4O2. The molecule has 3 heterocycles. The normalized spacial score (nSPS) is 14.4. The molecule has 35 heavy (non-hydrogen) atoms. The number of hydrogen-bond acceptors (Lipinski definition) is 5. The van der Waals surface area contributed by atoms with E-state index >= 15 is 0 Å². The predicted molar refractivity (Wildman–Crippen MR) is 141 cm³/mol. The Bertz CT molecular complexity index is 1590. The molecule has 1 aliphatic heterocycles. The number of fused-ring (bicyclic) bond motifs is 2. The van der Waals surface area contributed by atoms with E-state index in [2.05, 4.69) is 35.1 Å². The van der Waals surface area contributed by atoms with Crippen molar-refractivity contribution < 1.29 is 4.42 Å². The number of aromatic nitrogens is 2. The molecule has 174 valence electrons. The number of piperidine rings is 1. The SMILES string of the molecule is Cc1cc(N2CCCCC2)ccc1C=Nn1c(-c2cc3ccccc3o2)nc2ccccc2c1=O. The molecule has 1 aliphatic rings. The summed E-state index contributed by atoms with van der Waals surface area (Å²) in [5.74, 6) is 0.882. The fourth-order valence-corrected chi connectivity index (χ4v) is 4.76. The molecule has 2 aromatic heterocycles. The summed E-state index contributed by atoms with van der Waals surface area (Å²) in [6, 6.07) is 23.4. The van der Waals surface area contributed by atoms with Crippen LogP contribution in [0.25, 0.3) is 33.5 Å². The number of rotatable bonds is 4. The lowest BCUT2D eigenvalue weighted by atomic mass is 10.1. The quantitative estimate of drug-likeness (QED) is 0.308. The van der Waals surface area contributed by atoms with Gasteiger partial charge in [0.1, 0.15) is 5.58 Å². The smallest absolute Gasteiger partial charge is 0.282 e. The summed E-state index contributed by atoms with van der Waals surface area (Å²) in [6.45, 7) is 4.29. The molecule has 0 bridgehead atoms. The molecule has 3 aromatic carbocycles. The fraction of sp³-hybridized carbons (Fsp3) is 0.207. The summed E-state index contributed by atoms with van der Waals surface area (Å²) in [5.41, 5.74) is 4.44. The maximum atomic E-state index is 13.5. The minimum Gasteiger partial charge on any atom is -0.453 e. The summed E-state index contributed by atoms with van der Waals surface area (Å²) in [5, 5.41) is 6.08. The lowest BCUT2D eigenvalue weighted by Crippen LogP contribution is -2.29. The highest BCUT2D eigenvalue weighted by Gasteiger charge is 2.17. The number of nitrogens with zero attached hydrogens (tertiary/aromatic N) is 4. The molecule has 0 spiro atoms. The molecule has 0 unspecified atom stereocenters. The Hall–Kier alpha value is -4.19. The van der Waals surface area contributed by atoms with Crippen LogP contribution in [0, 0.1) is 6.92 Å². The lowest BCUT2D eigenvalue weighted by Gasteiger charge is -2.29. The Morgan fingerprint density at radius 1 is 0.943 bits per heavy atom. The van der Waals surface area contributed by atoms with Gasteiger partial charge in [-0.3, -0.25) is 4.79 Å². The fourth-order valence-electron chi connectivity index (χ4n) is 4.76. The number of benzene rings is 3. The molecule has 6 heteroatoms. The van der Waals surface area contributed by atoms with Gasteiger partial charge in [-0.1, -0.05) is 36.4 Å². The summed E-state index contributed by atoms with van der Waals surface area (Å²) < 4.78 is 7.40. The van der Waals surface area contributed by atoms with Crippen molar-refractivity contribution in [2.75, 3.05) is 18.0 Å². The van der Waals surface area contributed by atoms with E-state index in [4.69, 9.17) is 9.40 Å². The van der Waals surface area contributed by atoms with Crippen molar-refractivity contribution >= 4 is 33.8 Å². The van der Waals surface area contributed by atoms with Crippen LogP contribution in [0.3, 0.4) is 0 Å². The largest absolute Gasteiger partial charge is 0.453 e. The second-order valence-electron chi connectivity index (χ2n) is 9.05. The predicted octanol–water partition coefficient (Wildman–Crippen LogP) is 5.99. The lowest BCUT2D eigenvalue weighted by molar-refractivity contribution is 0.578. The molecule has 6 nitrogen and oxygen atoms in total. The highest BCUT2D eigenvalue weighted by atomic mass is 16.3. The van der Waals surface area contributed by atoms with Gasteiger partial charge in [0, 0.05) is 24.2 Å². The molecule has 5 aromatic rings. The molecule has 0 radical (unpaired) electrons. The number of aryl methyl sites for hydroxylation is 1. The molecule has 0 amide bonds. The third-order valence-corrected chi connectivity index (χ3v) is 6.69. The average Bonchev–Trinajstić information content (AvgIpc) is 3.33. The molecule has 0 atom stereocenters. The topological polar surface area (TPSA) is 63.6 Å². The Kier molecular flexibility index (Phi) is 5.41. The van der Waals surface area contributed by atoms with Crippen molar-refractivity contribution in [1.82, 2.24) is 9.66 Å². The zero-order chi connectivity index (χ0) is 23.8. The maximum Gasteiger partial charge on any atom is 0.282 e. The first-order valence-corrected chi connectivity index (χ1v) is 12.1. The highest BCUT2D eigenvalue weighted by Crippen LogP contribution is 2.27. The number of hydrogen-bond donors (Lipinski definition) is 0. The highest BCUT2D eigenvalue weighted by molar-refractivity contribution is 5.85. The van der Waals surface area contributed by atoms with Crippen molar-refractivity contribution in [3.05, 3.63) is 94.3 Å². The summed E-state index contributed by atoms with van der Waals surface area (Å²) in [7, 11) is 0. The van der Waals surface area contributed by atoms with E-state index in [1.165, 1.54) is 29.6 Å². The molecule has 0 aliphatic carbocycles. The van der Waals surface area contributed by atoms with Gasteiger partial charge in [-0.05, 0) is 73.7 Å². The number of furan rings is 1. The summed E-state index contributed by atoms with van der Waals surface area (Å²) in [6.07, 6.45) is 5.52. The Morgan fingerprint density at radius 2 is 1.74 bits per heavy atom. The van der Waals surface area contributed by atoms with E-state index in [1.807, 2.05) is 48.5 Å². The monoisotopic (exact) mass is 462 g/mol. The Balaban J connectivity index is 1.44. The van der Waals surface area contributed by atoms with Crippen molar-refractivity contribution in [2.24, 2.45) is 5.10 Å². The molecule has 1 fully saturated rings. The van der Waals surface area contributed by atoms with Crippen molar-refractivity contribution in [2.45, 2.75) is 26.2 Å². The molecule has 1 saturated heterocycles. The zero-order valence-electron chi connectivity index (χ0n) is 19.6. The van der Waals surface area contributed by atoms with E-state index in [9.17, 15) is 4.79 Å². The van der Waals surface area contributed by atoms with Gasteiger partial charge in [0.05, 0.1) is 17.1 Å². The van der Waals surface area contributed by atoms with Crippen LogP contribution in [0.5, 0.6) is 0 Å². The van der Waals surface area contributed by atoms with Crippen LogP contribution < -0.4 is 10.5 Å². The summed E-state index contributed by atoms with van der Waals surface area (Å²) in [4.78, 5) is 20.7. The van der Waals surface area contributed by atoms with Crippen LogP contribution in [0.1, 0.15) is 30.4 Å². The number of para-hydroxylation sites is 2. The Morgan fingerprint density at radius 3 is 2.57 bits per heavy atom. The van der Waals surface area contributed by atoms with Crippen molar-refractivity contribution in [3.8, 4) is 11.6 Å². The molecule has 6 rings (SSSR count). The van der Waals surface area contributed by atoms with E-state index in [-0.39, 0.29) is 5.56 Å². The van der Waals surface area contributed by atoms with Gasteiger partial charge in [0.2, 0.25) is 5.82 Å². The van der Waals surface area contributed by atoms with Crippen molar-refractivity contribution in [1.29, 1.82) is 0 Å². The third-order valence-electron chi connectivity index (χ3n) is 6.69. The zero-order valence-corrected chi connectivity index (χ0v) is 19.6. The van der Waals surface area contributed by atoms with E-state index in [1.54, 1.807) is 12.3 Å². The van der Waals surface area contributed by atoms with Gasteiger partial charge in [0.25, 0.3) is 5.56 Å². The first-order chi connectivity index (χ1) is 17.2. The first-order valence-electron chi connectivity index (χ1n) is 12.1. The second-order valence-corrected chi connectivity index (χ2v) is 9.05. The van der Waals surface area contributed by atoms with Crippen LogP contribution in [0.2, 0.25) is 0 Å². The van der Waals surface area contributed by atoms with E-state index in [0.29, 0.717) is 22.5 Å². The van der Waals surface area contributed by atoms with Gasteiger partial charge < -0.3 is 9.32 Å². The second kappa shape index (κ2) is 8.87. The van der Waals surface area contributed by atoms with Gasteiger partial charge in [0.15, 0.2) is 5.76 Å². The first kappa shape index (κ1) is 21.4. The van der Waals surface area contributed by atoms with Crippen LogP contribution in [0.15, 0.2) is 87.1 Å². The molecular weight excluding hydrogens is 436 g/mol. The van der Waals surface area contributed by atoms with Crippen LogP contribution in [0.4, 0.5) is 5.69 Å². The Labute approximate surface area is 203 Å². The standard InChI is InChI=1S/C29H26N4O2/c1-20-17-23(32-15-7-2-8-16-32)14-13-22(20)19-30-33-28(27-18-21-9-3-6-12-26(21)35-27)31-25-11-5-4-10-24(25)29(33)34/h3-6,9-14,17-19H,2,7-8,15-16H2,1H3. The third kappa shape index (κ3) is 4.01. The maximum absolute atomic E-state index is 13.5. The summed E-state index contributed by atoms with van der Waals surface area (Å²) >= 11 is 0. The minimum atomic E-state index is -0.232. The van der Waals surface area contributed by atoms with E-state index < -0.39 is 0 Å². The average molecular weight is 463 g/mol. The van der Waals surface area contributed by atoms with Crippen LogP contribution in [-0.2, 0) is 0 Å². The molecule has 0 saturated carbocycles. The number of anilines is 1. The van der Waals surface area contributed by atoms with E-state index in [0.717, 1.165) is 35.2 Å². The molecule has 0 N–H and O–H groups in total. The van der Waals surface area contributed by atoms with Gasteiger partial charge in [-0.2, -0.15) is 9.78 Å². The van der Waals surface area contributed by atoms with Crippen molar-refractivity contribution in [3.63, 3.8) is 0 Å².